The fourth-order valence-electron chi connectivity index (χ4n) is 3.40. The molecule has 3 atom stereocenters. The Labute approximate surface area is 178 Å². The van der Waals surface area contributed by atoms with Gasteiger partial charge in [-0.05, 0) is 44.7 Å². The van der Waals surface area contributed by atoms with E-state index < -0.39 is 35.7 Å². The van der Waals surface area contributed by atoms with Gasteiger partial charge in [0, 0.05) is 12.0 Å². The largest absolute Gasteiger partial charge is 0.453 e. The standard InChI is InChI=1S/C22H33N3O5/c1-15(2)22(25-21(28)29-4,30-19(26)18-11-8-14-23-18)20(27)24-16(3)12-13-17-9-6-5-7-10-17/h5-7,9-10,15-16,18,23H,8,11-14H2,1-4H3,(H,24,27)(H,25,28)/t16-,18?,22+/m0/s1. The molecule has 3 N–H and O–H groups in total. The Balaban J connectivity index is 2.12. The highest BCUT2D eigenvalue weighted by Gasteiger charge is 2.49. The number of benzene rings is 1. The third kappa shape index (κ3) is 6.19. The van der Waals surface area contributed by atoms with Crippen LogP contribution in [0.2, 0.25) is 0 Å². The Morgan fingerprint density at radius 1 is 1.20 bits per heavy atom. The summed E-state index contributed by atoms with van der Waals surface area (Å²) in [5.41, 5.74) is -0.699. The van der Waals surface area contributed by atoms with Crippen LogP contribution in [-0.4, -0.2) is 49.4 Å². The lowest BCUT2D eigenvalue weighted by molar-refractivity contribution is -0.180. The summed E-state index contributed by atoms with van der Waals surface area (Å²) in [7, 11) is 1.20. The smallest absolute Gasteiger partial charge is 0.410 e. The van der Waals surface area contributed by atoms with E-state index in [0.717, 1.165) is 12.8 Å². The number of methoxy groups -OCH3 is 1. The fourth-order valence-corrected chi connectivity index (χ4v) is 3.40. The van der Waals surface area contributed by atoms with Crippen LogP contribution in [0.25, 0.3) is 0 Å². The average molecular weight is 420 g/mol. The Hall–Kier alpha value is -2.61. The summed E-state index contributed by atoms with van der Waals surface area (Å²) < 4.78 is 10.3. The van der Waals surface area contributed by atoms with Gasteiger partial charge in [0.1, 0.15) is 6.04 Å². The zero-order valence-electron chi connectivity index (χ0n) is 18.2. The number of rotatable bonds is 9. The number of nitrogens with one attached hydrogen (secondary N) is 3. The van der Waals surface area contributed by atoms with Crippen molar-refractivity contribution < 1.29 is 23.9 Å². The van der Waals surface area contributed by atoms with E-state index in [1.807, 2.05) is 37.3 Å². The summed E-state index contributed by atoms with van der Waals surface area (Å²) in [5, 5.41) is 8.41. The average Bonchev–Trinajstić information content (AvgIpc) is 3.27. The van der Waals surface area contributed by atoms with Crippen LogP contribution in [0.3, 0.4) is 0 Å². The first-order valence-electron chi connectivity index (χ1n) is 10.5. The maximum Gasteiger partial charge on any atom is 0.410 e. The lowest BCUT2D eigenvalue weighted by Crippen LogP contribution is -2.66. The van der Waals surface area contributed by atoms with E-state index in [-0.39, 0.29) is 6.04 Å². The molecule has 1 fully saturated rings. The number of hydrogen-bond donors (Lipinski definition) is 3. The molecular formula is C22H33N3O5. The summed E-state index contributed by atoms with van der Waals surface area (Å²) in [4.78, 5) is 37.9. The van der Waals surface area contributed by atoms with Crippen LogP contribution in [0.15, 0.2) is 30.3 Å². The lowest BCUT2D eigenvalue weighted by Gasteiger charge is -2.37. The van der Waals surface area contributed by atoms with Gasteiger partial charge in [0.2, 0.25) is 0 Å². The summed E-state index contributed by atoms with van der Waals surface area (Å²) >= 11 is 0. The number of esters is 1. The molecule has 1 aromatic carbocycles. The second-order valence-electron chi connectivity index (χ2n) is 7.98. The van der Waals surface area contributed by atoms with Gasteiger partial charge in [0.05, 0.1) is 7.11 Å². The van der Waals surface area contributed by atoms with Crippen molar-refractivity contribution in [2.24, 2.45) is 5.92 Å². The van der Waals surface area contributed by atoms with Crippen LogP contribution < -0.4 is 16.0 Å². The minimum atomic E-state index is -1.87. The molecule has 2 amide bonds. The molecule has 1 aliphatic rings. The van der Waals surface area contributed by atoms with Gasteiger partial charge < -0.3 is 20.1 Å². The molecule has 30 heavy (non-hydrogen) atoms. The van der Waals surface area contributed by atoms with Crippen molar-refractivity contribution in [2.75, 3.05) is 13.7 Å². The summed E-state index contributed by atoms with van der Waals surface area (Å²) in [6, 6.07) is 9.27. The minimum Gasteiger partial charge on any atom is -0.453 e. The molecule has 8 heteroatoms. The molecule has 1 aliphatic heterocycles. The SMILES string of the molecule is COC(=O)N[C@](OC(=O)C1CCCN1)(C(=O)N[C@@H](C)CCc1ccccc1)C(C)C. The van der Waals surface area contributed by atoms with Gasteiger partial charge in [-0.1, -0.05) is 44.2 Å². The molecule has 8 nitrogen and oxygen atoms in total. The third-order valence-electron chi connectivity index (χ3n) is 5.32. The number of aryl methyl sites for hydroxylation is 1. The van der Waals surface area contributed by atoms with Gasteiger partial charge >= 0.3 is 12.1 Å². The monoisotopic (exact) mass is 419 g/mol. The predicted molar refractivity (Wildman–Crippen MR) is 113 cm³/mol. The van der Waals surface area contributed by atoms with E-state index in [9.17, 15) is 14.4 Å². The number of amides is 2. The van der Waals surface area contributed by atoms with E-state index >= 15 is 0 Å². The van der Waals surface area contributed by atoms with Crippen molar-refractivity contribution >= 4 is 18.0 Å². The first-order valence-corrected chi connectivity index (χ1v) is 10.5. The normalized spacial score (nSPS) is 18.9. The van der Waals surface area contributed by atoms with Crippen LogP contribution >= 0.6 is 0 Å². The van der Waals surface area contributed by atoms with Crippen molar-refractivity contribution in [1.82, 2.24) is 16.0 Å². The highest BCUT2D eigenvalue weighted by Crippen LogP contribution is 2.23. The zero-order chi connectivity index (χ0) is 22.1. The summed E-state index contributed by atoms with van der Waals surface area (Å²) in [5.74, 6) is -1.66. The topological polar surface area (TPSA) is 106 Å². The van der Waals surface area contributed by atoms with Gasteiger partial charge in [-0.3, -0.25) is 14.9 Å². The van der Waals surface area contributed by atoms with Gasteiger partial charge in [0.25, 0.3) is 11.6 Å². The van der Waals surface area contributed by atoms with E-state index in [0.29, 0.717) is 19.4 Å². The van der Waals surface area contributed by atoms with Crippen molar-refractivity contribution in [3.63, 3.8) is 0 Å². The molecule has 0 aliphatic carbocycles. The number of alkyl carbamates (subject to hydrolysis) is 1. The number of carbonyl (C=O) groups is 3. The fraction of sp³-hybridized carbons (Fsp3) is 0.591. The highest BCUT2D eigenvalue weighted by atomic mass is 16.6. The third-order valence-corrected chi connectivity index (χ3v) is 5.32. The van der Waals surface area contributed by atoms with Crippen molar-refractivity contribution in [2.45, 2.75) is 64.3 Å². The molecular weight excluding hydrogens is 386 g/mol. The Morgan fingerprint density at radius 3 is 2.47 bits per heavy atom. The lowest BCUT2D eigenvalue weighted by atomic mass is 9.97. The number of carbonyl (C=O) groups excluding carboxylic acids is 3. The van der Waals surface area contributed by atoms with Crippen LogP contribution in [0, 0.1) is 5.92 Å². The Bertz CT molecular complexity index is 719. The molecule has 1 heterocycles. The zero-order valence-corrected chi connectivity index (χ0v) is 18.2. The van der Waals surface area contributed by atoms with Crippen LogP contribution in [-0.2, 0) is 25.5 Å². The van der Waals surface area contributed by atoms with E-state index in [2.05, 4.69) is 20.7 Å². The molecule has 1 saturated heterocycles. The molecule has 0 saturated carbocycles. The quantitative estimate of drug-likeness (QED) is 0.418. The predicted octanol–water partition coefficient (Wildman–Crippen LogP) is 2.13. The first kappa shape index (κ1) is 23.7. The Morgan fingerprint density at radius 2 is 1.90 bits per heavy atom. The maximum atomic E-state index is 13.3. The van der Waals surface area contributed by atoms with Gasteiger partial charge in [-0.2, -0.15) is 0 Å². The number of ether oxygens (including phenoxy) is 2. The van der Waals surface area contributed by atoms with Gasteiger partial charge in [-0.15, -0.1) is 0 Å². The number of hydrogen-bond acceptors (Lipinski definition) is 6. The van der Waals surface area contributed by atoms with Crippen LogP contribution in [0.4, 0.5) is 4.79 Å². The molecule has 1 aromatic rings. The second kappa shape index (κ2) is 11.0. The van der Waals surface area contributed by atoms with Crippen molar-refractivity contribution in [3.05, 3.63) is 35.9 Å². The van der Waals surface area contributed by atoms with E-state index in [1.54, 1.807) is 13.8 Å². The van der Waals surface area contributed by atoms with Gasteiger partial charge in [0.15, 0.2) is 0 Å². The summed E-state index contributed by atoms with van der Waals surface area (Å²) in [6.45, 7) is 6.00. The van der Waals surface area contributed by atoms with E-state index in [1.165, 1.54) is 12.7 Å². The Kier molecular flexibility index (Phi) is 8.65. The molecule has 166 valence electrons. The molecule has 0 spiro atoms. The summed E-state index contributed by atoms with van der Waals surface area (Å²) in [6.07, 6.45) is 2.11. The second-order valence-corrected chi connectivity index (χ2v) is 7.98. The van der Waals surface area contributed by atoms with E-state index in [4.69, 9.17) is 4.74 Å². The van der Waals surface area contributed by atoms with Crippen molar-refractivity contribution in [1.29, 1.82) is 0 Å². The first-order chi connectivity index (χ1) is 14.3. The van der Waals surface area contributed by atoms with Crippen LogP contribution in [0.5, 0.6) is 0 Å². The molecule has 0 bridgehead atoms. The molecule has 0 aromatic heterocycles. The van der Waals surface area contributed by atoms with Crippen molar-refractivity contribution in [3.8, 4) is 0 Å². The van der Waals surface area contributed by atoms with Gasteiger partial charge in [-0.25, -0.2) is 4.79 Å². The maximum absolute atomic E-state index is 13.3. The molecule has 0 radical (unpaired) electrons. The minimum absolute atomic E-state index is 0.196. The molecule has 2 rings (SSSR count). The van der Waals surface area contributed by atoms with Crippen LogP contribution in [0.1, 0.15) is 45.6 Å². The molecule has 1 unspecified atom stereocenters. The highest BCUT2D eigenvalue weighted by molar-refractivity contribution is 5.92.